The lowest BCUT2D eigenvalue weighted by Crippen LogP contribution is -2.40. The summed E-state index contributed by atoms with van der Waals surface area (Å²) in [6, 6.07) is 0. The van der Waals surface area contributed by atoms with Crippen LogP contribution in [0, 0.1) is 5.92 Å². The maximum atomic E-state index is 12.5. The molecule has 0 aromatic rings. The zero-order valence-corrected chi connectivity index (χ0v) is 13.0. The van der Waals surface area contributed by atoms with Gasteiger partial charge in [-0.15, -0.1) is 11.6 Å². The summed E-state index contributed by atoms with van der Waals surface area (Å²) < 4.78 is -1.12. The van der Waals surface area contributed by atoms with E-state index >= 15 is 0 Å². The number of hydrogen-bond donors (Lipinski definition) is 0. The molecule has 1 saturated carbocycles. The quantitative estimate of drug-likeness (QED) is 0.430. The summed E-state index contributed by atoms with van der Waals surface area (Å²) in [5, 5.41) is 0. The van der Waals surface area contributed by atoms with Gasteiger partial charge in [0.1, 0.15) is 4.87 Å². The van der Waals surface area contributed by atoms with E-state index in [0.29, 0.717) is 13.0 Å². The number of hydrogen-bond acceptors (Lipinski definition) is 1. The number of carbonyl (C=O) groups is 1. The number of alkyl halides is 3. The van der Waals surface area contributed by atoms with Gasteiger partial charge in [-0.1, -0.05) is 55.8 Å². The largest absolute Gasteiger partial charge is 0.309 e. The number of unbranched alkanes of at least 4 members (excludes halogenated alkanes) is 2. The van der Waals surface area contributed by atoms with Crippen molar-refractivity contribution < 1.29 is 4.79 Å². The summed E-state index contributed by atoms with van der Waals surface area (Å²) in [4.78, 5) is 13.2. The third-order valence-corrected chi connectivity index (χ3v) is 5.75. The van der Waals surface area contributed by atoms with Gasteiger partial charge in [0.2, 0.25) is 5.91 Å². The number of halogens is 3. The van der Waals surface area contributed by atoms with Crippen LogP contribution in [0.4, 0.5) is 0 Å². The number of nitrogens with zero attached hydrogens (tertiary/aromatic N) is 1. The van der Waals surface area contributed by atoms with E-state index in [1.54, 1.807) is 4.90 Å². The van der Waals surface area contributed by atoms with E-state index in [2.05, 4.69) is 6.92 Å². The molecule has 1 aliphatic heterocycles. The highest BCUT2D eigenvalue weighted by Crippen LogP contribution is 2.57. The zero-order chi connectivity index (χ0) is 13.4. The van der Waals surface area contributed by atoms with Crippen LogP contribution in [0.5, 0.6) is 0 Å². The second-order valence-electron chi connectivity index (χ2n) is 5.41. The molecule has 0 aromatic carbocycles. The molecule has 2 aliphatic rings. The molecule has 0 bridgehead atoms. The molecule has 2 fully saturated rings. The van der Waals surface area contributed by atoms with Crippen molar-refractivity contribution in [2.45, 2.75) is 61.2 Å². The average Bonchev–Trinajstić information content (AvgIpc) is 2.47. The summed E-state index contributed by atoms with van der Waals surface area (Å²) in [7, 11) is 0. The van der Waals surface area contributed by atoms with E-state index < -0.39 is 9.33 Å². The Balaban J connectivity index is 2.18. The second kappa shape index (κ2) is 5.38. The van der Waals surface area contributed by atoms with Gasteiger partial charge in [0.25, 0.3) is 0 Å². The van der Waals surface area contributed by atoms with Crippen LogP contribution in [0.1, 0.15) is 51.9 Å². The van der Waals surface area contributed by atoms with E-state index in [1.807, 2.05) is 0 Å². The molecule has 104 valence electrons. The van der Waals surface area contributed by atoms with Crippen LogP contribution in [0.2, 0.25) is 0 Å². The van der Waals surface area contributed by atoms with Crippen molar-refractivity contribution in [1.29, 1.82) is 0 Å². The highest BCUT2D eigenvalue weighted by molar-refractivity contribution is 6.52. The van der Waals surface area contributed by atoms with Gasteiger partial charge >= 0.3 is 0 Å². The Morgan fingerprint density at radius 3 is 2.61 bits per heavy atom. The summed E-state index contributed by atoms with van der Waals surface area (Å²) in [6.45, 7) is 2.74. The van der Waals surface area contributed by atoms with Gasteiger partial charge in [-0.05, 0) is 19.3 Å². The smallest absolute Gasteiger partial charge is 0.246 e. The van der Waals surface area contributed by atoms with Crippen molar-refractivity contribution in [2.24, 2.45) is 5.92 Å². The van der Waals surface area contributed by atoms with Crippen molar-refractivity contribution in [2.75, 3.05) is 6.54 Å². The van der Waals surface area contributed by atoms with E-state index in [9.17, 15) is 4.79 Å². The molecule has 1 amide bonds. The molecule has 0 radical (unpaired) electrons. The summed E-state index contributed by atoms with van der Waals surface area (Å²) >= 11 is 19.5. The van der Waals surface area contributed by atoms with Crippen LogP contribution >= 0.6 is 34.8 Å². The average molecular weight is 313 g/mol. The highest BCUT2D eigenvalue weighted by Gasteiger charge is 2.65. The Morgan fingerprint density at radius 1 is 1.28 bits per heavy atom. The SMILES string of the molecule is CCCCCN1C(=O)C2(Cl)CCCCC2C1(Cl)Cl. The maximum absolute atomic E-state index is 12.5. The minimum Gasteiger partial charge on any atom is -0.309 e. The number of fused-ring (bicyclic) bond motifs is 1. The fourth-order valence-electron chi connectivity index (χ4n) is 3.16. The van der Waals surface area contributed by atoms with Crippen LogP contribution in [-0.4, -0.2) is 26.7 Å². The molecule has 1 saturated heterocycles. The molecule has 0 spiro atoms. The van der Waals surface area contributed by atoms with E-state index in [4.69, 9.17) is 34.8 Å². The standard InChI is InChI=1S/C13H20Cl3NO/c1-2-3-6-9-17-11(18)12(14)8-5-4-7-10(12)13(17,15)16/h10H,2-9H2,1H3. The molecule has 0 aromatic heterocycles. The first-order chi connectivity index (χ1) is 8.44. The van der Waals surface area contributed by atoms with Gasteiger partial charge < -0.3 is 4.90 Å². The highest BCUT2D eigenvalue weighted by atomic mass is 35.5. The Hall–Kier alpha value is 0.340. The Bertz CT molecular complexity index is 334. The molecule has 1 heterocycles. The normalized spacial score (nSPS) is 34.8. The van der Waals surface area contributed by atoms with Crippen LogP contribution in [0.25, 0.3) is 0 Å². The van der Waals surface area contributed by atoms with Gasteiger partial charge in [-0.3, -0.25) is 4.79 Å². The summed E-state index contributed by atoms with van der Waals surface area (Å²) in [5.74, 6) is -0.201. The summed E-state index contributed by atoms with van der Waals surface area (Å²) in [6.07, 6.45) is 6.69. The lowest BCUT2D eigenvalue weighted by molar-refractivity contribution is -0.131. The van der Waals surface area contributed by atoms with Crippen LogP contribution in [0.15, 0.2) is 0 Å². The number of likely N-dealkylation sites (tertiary alicyclic amines) is 1. The third kappa shape index (κ3) is 2.25. The lowest BCUT2D eigenvalue weighted by atomic mass is 9.80. The Kier molecular flexibility index (Phi) is 4.40. The van der Waals surface area contributed by atoms with E-state index in [0.717, 1.165) is 38.5 Å². The van der Waals surface area contributed by atoms with Gasteiger partial charge in [0, 0.05) is 12.5 Å². The number of amides is 1. The monoisotopic (exact) mass is 311 g/mol. The van der Waals surface area contributed by atoms with Crippen LogP contribution in [-0.2, 0) is 4.79 Å². The lowest BCUT2D eigenvalue weighted by Gasteiger charge is -2.35. The predicted molar refractivity (Wildman–Crippen MR) is 76.2 cm³/mol. The Labute approximate surface area is 124 Å². The topological polar surface area (TPSA) is 20.3 Å². The molecule has 18 heavy (non-hydrogen) atoms. The first-order valence-corrected chi connectivity index (χ1v) is 7.96. The van der Waals surface area contributed by atoms with E-state index in [-0.39, 0.29) is 11.8 Å². The van der Waals surface area contributed by atoms with Crippen molar-refractivity contribution in [3.63, 3.8) is 0 Å². The fraction of sp³-hybridized carbons (Fsp3) is 0.923. The van der Waals surface area contributed by atoms with E-state index in [1.165, 1.54) is 0 Å². The first kappa shape index (κ1) is 14.7. The predicted octanol–water partition coefficient (Wildman–Crippen LogP) is 4.32. The van der Waals surface area contributed by atoms with Crippen molar-refractivity contribution in [3.8, 4) is 0 Å². The number of rotatable bonds is 4. The summed E-state index contributed by atoms with van der Waals surface area (Å²) in [5.41, 5.74) is 0. The first-order valence-electron chi connectivity index (χ1n) is 6.83. The molecular formula is C13H20Cl3NO. The van der Waals surface area contributed by atoms with Gasteiger partial charge in [0.05, 0.1) is 0 Å². The minimum absolute atomic E-state index is 0.0602. The molecule has 2 atom stereocenters. The molecule has 1 aliphatic carbocycles. The molecule has 2 unspecified atom stereocenters. The third-order valence-electron chi connectivity index (χ3n) is 4.20. The van der Waals surface area contributed by atoms with Crippen molar-refractivity contribution in [3.05, 3.63) is 0 Å². The second-order valence-corrected chi connectivity index (χ2v) is 7.43. The van der Waals surface area contributed by atoms with Gasteiger partial charge in [0.15, 0.2) is 4.46 Å². The minimum atomic E-state index is -1.12. The molecular weight excluding hydrogens is 293 g/mol. The van der Waals surface area contributed by atoms with Gasteiger partial charge in [-0.25, -0.2) is 0 Å². The zero-order valence-electron chi connectivity index (χ0n) is 10.7. The molecule has 2 rings (SSSR count). The molecule has 5 heteroatoms. The van der Waals surface area contributed by atoms with Crippen LogP contribution < -0.4 is 0 Å². The Morgan fingerprint density at radius 2 is 2.00 bits per heavy atom. The van der Waals surface area contributed by atoms with Gasteiger partial charge in [-0.2, -0.15) is 0 Å². The molecule has 2 nitrogen and oxygen atoms in total. The number of carbonyl (C=O) groups excluding carboxylic acids is 1. The molecule has 0 N–H and O–H groups in total. The van der Waals surface area contributed by atoms with Crippen LogP contribution in [0.3, 0.4) is 0 Å². The maximum Gasteiger partial charge on any atom is 0.246 e. The fourth-order valence-corrected chi connectivity index (χ4v) is 4.68. The van der Waals surface area contributed by atoms with Crippen molar-refractivity contribution >= 4 is 40.7 Å². The van der Waals surface area contributed by atoms with Crippen molar-refractivity contribution in [1.82, 2.24) is 4.90 Å².